The van der Waals surface area contributed by atoms with Crippen molar-refractivity contribution in [3.8, 4) is 11.5 Å². The first-order chi connectivity index (χ1) is 10.3. The smallest absolute Gasteiger partial charge is 0.294 e. The van der Waals surface area contributed by atoms with Gasteiger partial charge in [-0.15, -0.1) is 0 Å². The number of hydrogen-bond acceptors (Lipinski definition) is 6. The van der Waals surface area contributed by atoms with Crippen LogP contribution in [0.5, 0.6) is 11.5 Å². The number of hydrogen-bond donors (Lipinski definition) is 2. The SMILES string of the molecule is COc1cc(/C=C2\SC(=O)N(CC(N)=O)C2=O)c(Br)cc1O. The van der Waals surface area contributed by atoms with Crippen LogP contribution in [0.15, 0.2) is 21.5 Å². The number of ether oxygens (including phenoxy) is 1. The van der Waals surface area contributed by atoms with E-state index in [-0.39, 0.29) is 16.4 Å². The highest BCUT2D eigenvalue weighted by atomic mass is 79.9. The minimum Gasteiger partial charge on any atom is -0.504 e. The van der Waals surface area contributed by atoms with Crippen LogP contribution in [0.4, 0.5) is 4.79 Å². The van der Waals surface area contributed by atoms with Gasteiger partial charge in [-0.1, -0.05) is 15.9 Å². The molecule has 0 bridgehead atoms. The van der Waals surface area contributed by atoms with Gasteiger partial charge in [0.1, 0.15) is 6.54 Å². The molecular formula is C13H11BrN2O5S. The molecule has 0 unspecified atom stereocenters. The van der Waals surface area contributed by atoms with E-state index < -0.39 is 23.6 Å². The summed E-state index contributed by atoms with van der Waals surface area (Å²) in [6.45, 7) is -0.456. The van der Waals surface area contributed by atoms with Crippen LogP contribution in [0.25, 0.3) is 6.08 Å². The van der Waals surface area contributed by atoms with Crippen molar-refractivity contribution in [2.45, 2.75) is 0 Å². The third kappa shape index (κ3) is 3.25. The number of primary amides is 1. The van der Waals surface area contributed by atoms with E-state index in [0.29, 0.717) is 21.8 Å². The first-order valence-corrected chi connectivity index (χ1v) is 7.54. The average Bonchev–Trinajstić information content (AvgIpc) is 2.69. The minimum absolute atomic E-state index is 0.0617. The molecule has 1 aliphatic rings. The molecule has 1 aliphatic heterocycles. The number of phenols is 1. The second-order valence-corrected chi connectivity index (χ2v) is 6.13. The Morgan fingerprint density at radius 1 is 1.50 bits per heavy atom. The Morgan fingerprint density at radius 3 is 2.77 bits per heavy atom. The summed E-state index contributed by atoms with van der Waals surface area (Å²) in [5, 5.41) is 9.09. The van der Waals surface area contributed by atoms with Gasteiger partial charge in [0.15, 0.2) is 11.5 Å². The maximum absolute atomic E-state index is 12.1. The van der Waals surface area contributed by atoms with Gasteiger partial charge in [-0.3, -0.25) is 19.3 Å². The van der Waals surface area contributed by atoms with E-state index in [0.717, 1.165) is 4.90 Å². The third-order valence-corrected chi connectivity index (χ3v) is 4.37. The standard InChI is InChI=1S/C13H11BrN2O5S/c1-21-9-2-6(7(14)4-8(9)17)3-10-12(19)16(5-11(15)18)13(20)22-10/h2-4,17H,5H2,1H3,(H2,15,18)/b10-3-. The number of carbonyl (C=O) groups is 3. The molecule has 22 heavy (non-hydrogen) atoms. The van der Waals surface area contributed by atoms with Crippen molar-refractivity contribution in [2.24, 2.45) is 5.73 Å². The summed E-state index contributed by atoms with van der Waals surface area (Å²) in [5.41, 5.74) is 5.55. The van der Waals surface area contributed by atoms with Crippen LogP contribution in [0, 0.1) is 0 Å². The van der Waals surface area contributed by atoms with Gasteiger partial charge in [0, 0.05) is 4.47 Å². The number of imide groups is 1. The largest absolute Gasteiger partial charge is 0.504 e. The highest BCUT2D eigenvalue weighted by molar-refractivity contribution is 9.10. The van der Waals surface area contributed by atoms with E-state index >= 15 is 0 Å². The van der Waals surface area contributed by atoms with Gasteiger partial charge < -0.3 is 15.6 Å². The number of carbonyl (C=O) groups excluding carboxylic acids is 3. The second-order valence-electron chi connectivity index (χ2n) is 4.28. The van der Waals surface area contributed by atoms with Crippen LogP contribution in [0.1, 0.15) is 5.56 Å². The molecule has 0 aromatic heterocycles. The Labute approximate surface area is 138 Å². The number of benzene rings is 1. The Bertz CT molecular complexity index is 704. The van der Waals surface area contributed by atoms with Crippen molar-refractivity contribution >= 4 is 50.8 Å². The number of amides is 3. The van der Waals surface area contributed by atoms with E-state index in [1.54, 1.807) is 0 Å². The fraction of sp³-hybridized carbons (Fsp3) is 0.154. The quantitative estimate of drug-likeness (QED) is 0.761. The zero-order valence-corrected chi connectivity index (χ0v) is 13.7. The molecule has 1 saturated heterocycles. The van der Waals surface area contributed by atoms with Crippen molar-refractivity contribution in [3.05, 3.63) is 27.1 Å². The van der Waals surface area contributed by atoms with Crippen LogP contribution in [0.2, 0.25) is 0 Å². The topological polar surface area (TPSA) is 110 Å². The second kappa shape index (κ2) is 6.41. The molecule has 0 saturated carbocycles. The van der Waals surface area contributed by atoms with Crippen LogP contribution >= 0.6 is 27.7 Å². The van der Waals surface area contributed by atoms with Crippen LogP contribution in [-0.4, -0.2) is 40.7 Å². The van der Waals surface area contributed by atoms with E-state index in [1.807, 2.05) is 0 Å². The first-order valence-electron chi connectivity index (χ1n) is 5.93. The zero-order valence-electron chi connectivity index (χ0n) is 11.3. The number of halogens is 1. The fourth-order valence-corrected chi connectivity index (χ4v) is 3.04. The maximum Gasteiger partial charge on any atom is 0.294 e. The average molecular weight is 387 g/mol. The van der Waals surface area contributed by atoms with Crippen molar-refractivity contribution in [3.63, 3.8) is 0 Å². The van der Waals surface area contributed by atoms with Crippen molar-refractivity contribution in [2.75, 3.05) is 13.7 Å². The lowest BCUT2D eigenvalue weighted by Crippen LogP contribution is -2.36. The number of methoxy groups -OCH3 is 1. The third-order valence-electron chi connectivity index (χ3n) is 2.77. The molecular weight excluding hydrogens is 376 g/mol. The molecule has 116 valence electrons. The molecule has 7 nitrogen and oxygen atoms in total. The van der Waals surface area contributed by atoms with Crippen molar-refractivity contribution < 1.29 is 24.2 Å². The Hall–Kier alpha value is -2.00. The number of nitrogens with zero attached hydrogens (tertiary/aromatic N) is 1. The molecule has 0 atom stereocenters. The van der Waals surface area contributed by atoms with Gasteiger partial charge in [0.25, 0.3) is 11.1 Å². The van der Waals surface area contributed by atoms with Crippen molar-refractivity contribution in [1.29, 1.82) is 0 Å². The molecule has 1 aromatic carbocycles. The number of aromatic hydroxyl groups is 1. The predicted octanol–water partition coefficient (Wildman–Crippen LogP) is 1.68. The van der Waals surface area contributed by atoms with Gasteiger partial charge in [-0.25, -0.2) is 0 Å². The molecule has 1 heterocycles. The van der Waals surface area contributed by atoms with E-state index in [9.17, 15) is 19.5 Å². The van der Waals surface area contributed by atoms with E-state index in [4.69, 9.17) is 10.5 Å². The lowest BCUT2D eigenvalue weighted by Gasteiger charge is -2.09. The summed E-state index contributed by atoms with van der Waals surface area (Å²) in [6, 6.07) is 2.93. The molecule has 3 amide bonds. The Kier molecular flexibility index (Phi) is 4.77. The summed E-state index contributed by atoms with van der Waals surface area (Å²) in [4.78, 5) is 35.6. The molecule has 0 aliphatic carbocycles. The highest BCUT2D eigenvalue weighted by Crippen LogP contribution is 2.37. The van der Waals surface area contributed by atoms with Gasteiger partial charge in [-0.2, -0.15) is 0 Å². The Balaban J connectivity index is 2.36. The normalized spacial score (nSPS) is 16.5. The molecule has 0 radical (unpaired) electrons. The molecule has 2 rings (SSSR count). The van der Waals surface area contributed by atoms with Crippen LogP contribution in [-0.2, 0) is 9.59 Å². The summed E-state index contributed by atoms with van der Waals surface area (Å²) < 4.78 is 5.52. The summed E-state index contributed by atoms with van der Waals surface area (Å²) >= 11 is 3.97. The van der Waals surface area contributed by atoms with E-state index in [1.165, 1.54) is 25.3 Å². The summed E-state index contributed by atoms with van der Waals surface area (Å²) in [5.74, 6) is -1.19. The monoisotopic (exact) mass is 386 g/mol. The number of rotatable bonds is 4. The first kappa shape index (κ1) is 16.4. The molecule has 1 aromatic rings. The van der Waals surface area contributed by atoms with Gasteiger partial charge in [-0.05, 0) is 35.5 Å². The lowest BCUT2D eigenvalue weighted by molar-refractivity contribution is -0.127. The van der Waals surface area contributed by atoms with Crippen molar-refractivity contribution in [1.82, 2.24) is 4.90 Å². The fourth-order valence-electron chi connectivity index (χ4n) is 1.77. The zero-order chi connectivity index (χ0) is 16.4. The predicted molar refractivity (Wildman–Crippen MR) is 84.2 cm³/mol. The molecule has 0 spiro atoms. The van der Waals surface area contributed by atoms with Gasteiger partial charge >= 0.3 is 0 Å². The Morgan fingerprint density at radius 2 is 2.18 bits per heavy atom. The van der Waals surface area contributed by atoms with Crippen LogP contribution < -0.4 is 10.5 Å². The molecule has 1 fully saturated rings. The maximum atomic E-state index is 12.1. The minimum atomic E-state index is -0.768. The number of nitrogens with two attached hydrogens (primary N) is 1. The highest BCUT2D eigenvalue weighted by Gasteiger charge is 2.35. The summed E-state index contributed by atoms with van der Waals surface area (Å²) in [7, 11) is 1.40. The lowest BCUT2D eigenvalue weighted by atomic mass is 10.2. The van der Waals surface area contributed by atoms with Gasteiger partial charge in [0.2, 0.25) is 5.91 Å². The molecule has 9 heteroatoms. The number of phenolic OH excluding ortho intramolecular Hbond substituents is 1. The molecule has 3 N–H and O–H groups in total. The summed E-state index contributed by atoms with van der Waals surface area (Å²) in [6.07, 6.45) is 1.47. The number of thioether (sulfide) groups is 1. The van der Waals surface area contributed by atoms with Gasteiger partial charge in [0.05, 0.1) is 12.0 Å². The van der Waals surface area contributed by atoms with Crippen LogP contribution in [0.3, 0.4) is 0 Å². The van der Waals surface area contributed by atoms with E-state index in [2.05, 4.69) is 15.9 Å².